The molecule has 0 aliphatic carbocycles. The van der Waals surface area contributed by atoms with Crippen LogP contribution < -0.4 is 9.47 Å². The smallest absolute Gasteiger partial charge is 0.254 e. The van der Waals surface area contributed by atoms with Crippen molar-refractivity contribution in [3.05, 3.63) is 59.7 Å². The molecule has 2 aromatic carbocycles. The predicted molar refractivity (Wildman–Crippen MR) is 86.5 cm³/mol. The standard InChI is InChI=1S/C18H21NO3/c1-13(14-8-10-16(21-3)11-9-14)19(2)18(20)15-6-5-7-17(12-15)22-4/h5-13H,1-4H3. The van der Waals surface area contributed by atoms with E-state index < -0.39 is 0 Å². The zero-order chi connectivity index (χ0) is 16.1. The maximum atomic E-state index is 12.6. The fraction of sp³-hybridized carbons (Fsp3) is 0.278. The number of nitrogens with zero attached hydrogens (tertiary/aromatic N) is 1. The number of benzene rings is 2. The highest BCUT2D eigenvalue weighted by molar-refractivity contribution is 5.94. The van der Waals surface area contributed by atoms with Crippen molar-refractivity contribution < 1.29 is 14.3 Å². The summed E-state index contributed by atoms with van der Waals surface area (Å²) in [6.45, 7) is 2.00. The molecule has 0 spiro atoms. The molecular formula is C18H21NO3. The SMILES string of the molecule is COc1ccc(C(C)N(C)C(=O)c2cccc(OC)c2)cc1. The molecular weight excluding hydrogens is 278 g/mol. The lowest BCUT2D eigenvalue weighted by molar-refractivity contribution is 0.0742. The van der Waals surface area contributed by atoms with Gasteiger partial charge in [0.05, 0.1) is 20.3 Å². The van der Waals surface area contributed by atoms with E-state index >= 15 is 0 Å². The van der Waals surface area contributed by atoms with Crippen molar-refractivity contribution >= 4 is 5.91 Å². The summed E-state index contributed by atoms with van der Waals surface area (Å²) in [6, 6.07) is 14.9. The molecule has 0 heterocycles. The highest BCUT2D eigenvalue weighted by Crippen LogP contribution is 2.24. The Kier molecular flexibility index (Phi) is 5.04. The van der Waals surface area contributed by atoms with Crippen molar-refractivity contribution in [2.75, 3.05) is 21.3 Å². The second-order valence-corrected chi connectivity index (χ2v) is 5.10. The Morgan fingerprint density at radius 1 is 1.00 bits per heavy atom. The first-order valence-electron chi connectivity index (χ1n) is 7.12. The zero-order valence-corrected chi connectivity index (χ0v) is 13.4. The Hall–Kier alpha value is -2.49. The maximum Gasteiger partial charge on any atom is 0.254 e. The number of carbonyl (C=O) groups is 1. The summed E-state index contributed by atoms with van der Waals surface area (Å²) < 4.78 is 10.3. The third kappa shape index (κ3) is 3.39. The normalized spacial score (nSPS) is 11.6. The lowest BCUT2D eigenvalue weighted by Crippen LogP contribution is -2.29. The van der Waals surface area contributed by atoms with Gasteiger partial charge in [-0.2, -0.15) is 0 Å². The van der Waals surface area contributed by atoms with Gasteiger partial charge in [0.1, 0.15) is 11.5 Å². The van der Waals surface area contributed by atoms with Gasteiger partial charge in [0.2, 0.25) is 0 Å². The fourth-order valence-corrected chi connectivity index (χ4v) is 2.24. The van der Waals surface area contributed by atoms with E-state index in [0.29, 0.717) is 11.3 Å². The first kappa shape index (κ1) is 15.9. The Morgan fingerprint density at radius 3 is 2.23 bits per heavy atom. The second-order valence-electron chi connectivity index (χ2n) is 5.10. The molecule has 0 aliphatic heterocycles. The van der Waals surface area contributed by atoms with Gasteiger partial charge in [0.25, 0.3) is 5.91 Å². The van der Waals surface area contributed by atoms with Crippen LogP contribution in [0.3, 0.4) is 0 Å². The molecule has 4 nitrogen and oxygen atoms in total. The molecule has 0 radical (unpaired) electrons. The second kappa shape index (κ2) is 6.98. The third-order valence-electron chi connectivity index (χ3n) is 3.82. The summed E-state index contributed by atoms with van der Waals surface area (Å²) in [6.07, 6.45) is 0. The van der Waals surface area contributed by atoms with Crippen LogP contribution in [0.25, 0.3) is 0 Å². The van der Waals surface area contributed by atoms with E-state index in [1.807, 2.05) is 43.3 Å². The van der Waals surface area contributed by atoms with Crippen molar-refractivity contribution in [1.82, 2.24) is 4.90 Å². The first-order valence-corrected chi connectivity index (χ1v) is 7.12. The van der Waals surface area contributed by atoms with E-state index in [4.69, 9.17) is 9.47 Å². The van der Waals surface area contributed by atoms with E-state index in [1.54, 1.807) is 38.3 Å². The van der Waals surface area contributed by atoms with Gasteiger partial charge in [-0.3, -0.25) is 4.79 Å². The maximum absolute atomic E-state index is 12.6. The summed E-state index contributed by atoms with van der Waals surface area (Å²) in [4.78, 5) is 14.3. The molecule has 0 aromatic heterocycles. The van der Waals surface area contributed by atoms with Crippen molar-refractivity contribution in [2.24, 2.45) is 0 Å². The minimum absolute atomic E-state index is 0.0374. The molecule has 0 fully saturated rings. The van der Waals surface area contributed by atoms with Gasteiger partial charge < -0.3 is 14.4 Å². The summed E-state index contributed by atoms with van der Waals surface area (Å²) in [5.74, 6) is 1.44. The van der Waals surface area contributed by atoms with Crippen LogP contribution in [0.1, 0.15) is 28.9 Å². The molecule has 1 atom stereocenters. The van der Waals surface area contributed by atoms with E-state index in [1.165, 1.54) is 0 Å². The van der Waals surface area contributed by atoms with Gasteiger partial charge in [0, 0.05) is 12.6 Å². The highest BCUT2D eigenvalue weighted by atomic mass is 16.5. The summed E-state index contributed by atoms with van der Waals surface area (Å²) in [5, 5.41) is 0. The van der Waals surface area contributed by atoms with Gasteiger partial charge >= 0.3 is 0 Å². The van der Waals surface area contributed by atoms with Gasteiger partial charge in [-0.05, 0) is 42.8 Å². The van der Waals surface area contributed by atoms with Crippen LogP contribution >= 0.6 is 0 Å². The molecule has 2 aromatic rings. The summed E-state index contributed by atoms with van der Waals surface area (Å²) in [5.41, 5.74) is 1.67. The molecule has 1 amide bonds. The Bertz CT molecular complexity index is 637. The molecule has 2 rings (SSSR count). The molecule has 0 aliphatic rings. The van der Waals surface area contributed by atoms with Crippen molar-refractivity contribution in [3.8, 4) is 11.5 Å². The minimum Gasteiger partial charge on any atom is -0.497 e. The number of hydrogen-bond acceptors (Lipinski definition) is 3. The van der Waals surface area contributed by atoms with E-state index in [9.17, 15) is 4.79 Å². The number of carbonyl (C=O) groups excluding carboxylic acids is 1. The molecule has 0 bridgehead atoms. The predicted octanol–water partition coefficient (Wildman–Crippen LogP) is 3.54. The summed E-state index contributed by atoms with van der Waals surface area (Å²) in [7, 11) is 5.03. The van der Waals surface area contributed by atoms with Gasteiger partial charge in [-0.1, -0.05) is 18.2 Å². The number of rotatable bonds is 5. The number of hydrogen-bond donors (Lipinski definition) is 0. The Morgan fingerprint density at radius 2 is 1.64 bits per heavy atom. The van der Waals surface area contributed by atoms with Crippen LogP contribution in [0, 0.1) is 0 Å². The van der Waals surface area contributed by atoms with Crippen molar-refractivity contribution in [3.63, 3.8) is 0 Å². The lowest BCUT2D eigenvalue weighted by atomic mass is 10.1. The van der Waals surface area contributed by atoms with Gasteiger partial charge in [-0.15, -0.1) is 0 Å². The monoisotopic (exact) mass is 299 g/mol. The molecule has 116 valence electrons. The number of methoxy groups -OCH3 is 2. The Labute approximate surface area is 131 Å². The third-order valence-corrected chi connectivity index (χ3v) is 3.82. The van der Waals surface area contributed by atoms with Crippen LogP contribution in [-0.4, -0.2) is 32.1 Å². The topological polar surface area (TPSA) is 38.8 Å². The highest BCUT2D eigenvalue weighted by Gasteiger charge is 2.19. The average molecular weight is 299 g/mol. The van der Waals surface area contributed by atoms with Crippen LogP contribution in [-0.2, 0) is 0 Å². The van der Waals surface area contributed by atoms with Crippen LogP contribution in [0.4, 0.5) is 0 Å². The van der Waals surface area contributed by atoms with Gasteiger partial charge in [-0.25, -0.2) is 0 Å². The number of amides is 1. The van der Waals surface area contributed by atoms with E-state index in [0.717, 1.165) is 11.3 Å². The fourth-order valence-electron chi connectivity index (χ4n) is 2.24. The Balaban J connectivity index is 2.17. The molecule has 4 heteroatoms. The molecule has 0 N–H and O–H groups in total. The summed E-state index contributed by atoms with van der Waals surface area (Å²) >= 11 is 0. The van der Waals surface area contributed by atoms with Gasteiger partial charge in [0.15, 0.2) is 0 Å². The number of ether oxygens (including phenoxy) is 2. The molecule has 0 saturated heterocycles. The average Bonchev–Trinajstić information content (AvgIpc) is 2.59. The van der Waals surface area contributed by atoms with Crippen LogP contribution in [0.5, 0.6) is 11.5 Å². The van der Waals surface area contributed by atoms with Crippen molar-refractivity contribution in [1.29, 1.82) is 0 Å². The minimum atomic E-state index is -0.0396. The zero-order valence-electron chi connectivity index (χ0n) is 13.4. The van der Waals surface area contributed by atoms with Crippen LogP contribution in [0.15, 0.2) is 48.5 Å². The first-order chi connectivity index (χ1) is 10.6. The largest absolute Gasteiger partial charge is 0.497 e. The lowest BCUT2D eigenvalue weighted by Gasteiger charge is -2.25. The van der Waals surface area contributed by atoms with Crippen LogP contribution in [0.2, 0.25) is 0 Å². The molecule has 0 saturated carbocycles. The van der Waals surface area contributed by atoms with E-state index in [-0.39, 0.29) is 11.9 Å². The quantitative estimate of drug-likeness (QED) is 0.847. The molecule has 22 heavy (non-hydrogen) atoms. The van der Waals surface area contributed by atoms with Crippen molar-refractivity contribution in [2.45, 2.75) is 13.0 Å². The van der Waals surface area contributed by atoms with E-state index in [2.05, 4.69) is 0 Å². The molecule has 1 unspecified atom stereocenters.